The Bertz CT molecular complexity index is 369. The van der Waals surface area contributed by atoms with Crippen molar-refractivity contribution in [2.75, 3.05) is 21.3 Å². The first-order valence-electron chi connectivity index (χ1n) is 4.81. The molecule has 1 rings (SSSR count). The van der Waals surface area contributed by atoms with Gasteiger partial charge in [0, 0.05) is 6.54 Å². The number of ether oxygens (including phenoxy) is 2. The number of hydroxylamine groups is 1. The van der Waals surface area contributed by atoms with Crippen LogP contribution in [0.1, 0.15) is 11.1 Å². The topological polar surface area (TPSA) is 39.7 Å². The van der Waals surface area contributed by atoms with Crippen LogP contribution in [-0.4, -0.2) is 21.3 Å². The first-order valence-corrected chi connectivity index (χ1v) is 5.60. The molecule has 0 aliphatic heterocycles. The molecule has 0 heterocycles. The Hall–Kier alpha value is -0.780. The van der Waals surface area contributed by atoms with Crippen molar-refractivity contribution in [2.24, 2.45) is 0 Å². The lowest BCUT2D eigenvalue weighted by atomic mass is 10.1. The van der Waals surface area contributed by atoms with Crippen LogP contribution in [0.15, 0.2) is 10.5 Å². The Morgan fingerprint density at radius 3 is 2.44 bits per heavy atom. The quantitative estimate of drug-likeness (QED) is 0.845. The Balaban J connectivity index is 3.18. The maximum Gasteiger partial charge on any atom is 0.175 e. The molecule has 0 amide bonds. The lowest BCUT2D eigenvalue weighted by molar-refractivity contribution is 0.0863. The van der Waals surface area contributed by atoms with E-state index in [0.717, 1.165) is 15.6 Å². The number of hydrogen-bond donors (Lipinski definition) is 1. The van der Waals surface area contributed by atoms with Crippen LogP contribution in [0.2, 0.25) is 0 Å². The second kappa shape index (κ2) is 6.08. The predicted molar refractivity (Wildman–Crippen MR) is 65.8 cm³/mol. The third-order valence-electron chi connectivity index (χ3n) is 2.33. The summed E-state index contributed by atoms with van der Waals surface area (Å²) in [5.41, 5.74) is 5.00. The Labute approximate surface area is 104 Å². The minimum Gasteiger partial charge on any atom is -0.493 e. The van der Waals surface area contributed by atoms with Gasteiger partial charge in [0.1, 0.15) is 0 Å². The lowest BCUT2D eigenvalue weighted by Gasteiger charge is -2.15. The first-order chi connectivity index (χ1) is 7.65. The smallest absolute Gasteiger partial charge is 0.175 e. The zero-order valence-corrected chi connectivity index (χ0v) is 11.5. The summed E-state index contributed by atoms with van der Waals surface area (Å²) in [4.78, 5) is 4.84. The Morgan fingerprint density at radius 1 is 1.25 bits per heavy atom. The number of hydrogen-bond acceptors (Lipinski definition) is 4. The molecule has 0 saturated carbocycles. The first kappa shape index (κ1) is 13.3. The van der Waals surface area contributed by atoms with E-state index in [9.17, 15) is 0 Å². The summed E-state index contributed by atoms with van der Waals surface area (Å²) in [6.45, 7) is 2.61. The SMILES string of the molecule is CONCc1c(C)cc(OC)c(OC)c1Br. The van der Waals surface area contributed by atoms with E-state index >= 15 is 0 Å². The fourth-order valence-electron chi connectivity index (χ4n) is 1.47. The van der Waals surface area contributed by atoms with E-state index in [0.29, 0.717) is 18.0 Å². The van der Waals surface area contributed by atoms with Gasteiger partial charge in [-0.25, -0.2) is 0 Å². The summed E-state index contributed by atoms with van der Waals surface area (Å²) in [6, 6.07) is 1.94. The van der Waals surface area contributed by atoms with Gasteiger partial charge in [0.15, 0.2) is 11.5 Å². The van der Waals surface area contributed by atoms with Gasteiger partial charge in [-0.1, -0.05) is 0 Å². The molecule has 0 spiro atoms. The number of benzene rings is 1. The summed E-state index contributed by atoms with van der Waals surface area (Å²) in [7, 11) is 4.83. The van der Waals surface area contributed by atoms with Gasteiger partial charge in [0.05, 0.1) is 25.8 Å². The van der Waals surface area contributed by atoms with E-state index in [1.807, 2.05) is 13.0 Å². The molecule has 1 N–H and O–H groups in total. The molecule has 0 atom stereocenters. The highest BCUT2D eigenvalue weighted by molar-refractivity contribution is 9.10. The zero-order valence-electron chi connectivity index (χ0n) is 9.89. The van der Waals surface area contributed by atoms with Crippen molar-refractivity contribution in [3.63, 3.8) is 0 Å². The average molecular weight is 290 g/mol. The maximum atomic E-state index is 5.30. The molecule has 0 fully saturated rings. The fourth-order valence-corrected chi connectivity index (χ4v) is 2.28. The van der Waals surface area contributed by atoms with Crippen LogP contribution >= 0.6 is 15.9 Å². The van der Waals surface area contributed by atoms with Crippen molar-refractivity contribution in [3.8, 4) is 11.5 Å². The van der Waals surface area contributed by atoms with Crippen molar-refractivity contribution >= 4 is 15.9 Å². The van der Waals surface area contributed by atoms with Gasteiger partial charge >= 0.3 is 0 Å². The van der Waals surface area contributed by atoms with Gasteiger partial charge in [-0.05, 0) is 40.0 Å². The highest BCUT2D eigenvalue weighted by Crippen LogP contribution is 2.39. The average Bonchev–Trinajstić information content (AvgIpc) is 2.28. The van der Waals surface area contributed by atoms with E-state index in [2.05, 4.69) is 21.4 Å². The van der Waals surface area contributed by atoms with Gasteiger partial charge in [-0.2, -0.15) is 5.48 Å². The van der Waals surface area contributed by atoms with Crippen LogP contribution in [0.5, 0.6) is 11.5 Å². The Kier molecular flexibility index (Phi) is 5.05. The van der Waals surface area contributed by atoms with E-state index in [-0.39, 0.29) is 0 Å². The summed E-state index contributed by atoms with van der Waals surface area (Å²) < 4.78 is 11.4. The van der Waals surface area contributed by atoms with Crippen molar-refractivity contribution in [2.45, 2.75) is 13.5 Å². The number of nitrogens with one attached hydrogen (secondary N) is 1. The third kappa shape index (κ3) is 2.66. The molecule has 0 aliphatic rings. The summed E-state index contributed by atoms with van der Waals surface area (Å²) in [5, 5.41) is 0. The molecule has 4 nitrogen and oxygen atoms in total. The van der Waals surface area contributed by atoms with Crippen LogP contribution in [0.4, 0.5) is 0 Å². The summed E-state index contributed by atoms with van der Waals surface area (Å²) >= 11 is 3.51. The minimum atomic E-state index is 0.600. The van der Waals surface area contributed by atoms with Crippen LogP contribution < -0.4 is 15.0 Å². The molecule has 0 saturated heterocycles. The number of aryl methyl sites for hydroxylation is 1. The Morgan fingerprint density at radius 2 is 1.94 bits per heavy atom. The van der Waals surface area contributed by atoms with Crippen molar-refractivity contribution in [3.05, 3.63) is 21.7 Å². The highest BCUT2D eigenvalue weighted by atomic mass is 79.9. The molecule has 0 aromatic heterocycles. The van der Waals surface area contributed by atoms with Gasteiger partial charge < -0.3 is 14.3 Å². The molecular weight excluding hydrogens is 274 g/mol. The van der Waals surface area contributed by atoms with Gasteiger partial charge in [0.25, 0.3) is 0 Å². The van der Waals surface area contributed by atoms with Crippen LogP contribution in [0.25, 0.3) is 0 Å². The largest absolute Gasteiger partial charge is 0.493 e. The standard InChI is InChI=1S/C11H16BrNO3/c1-7-5-9(14-2)11(15-3)10(12)8(7)6-13-16-4/h5,13H,6H2,1-4H3. The molecule has 0 aliphatic carbocycles. The second-order valence-corrected chi connectivity index (χ2v) is 4.04. The van der Waals surface area contributed by atoms with E-state index in [1.165, 1.54) is 0 Å². The molecule has 90 valence electrons. The lowest BCUT2D eigenvalue weighted by Crippen LogP contribution is -2.13. The summed E-state index contributed by atoms with van der Waals surface area (Å²) in [6.07, 6.45) is 0. The van der Waals surface area contributed by atoms with Crippen molar-refractivity contribution < 1.29 is 14.3 Å². The van der Waals surface area contributed by atoms with E-state index in [1.54, 1.807) is 21.3 Å². The predicted octanol–water partition coefficient (Wildman–Crippen LogP) is 2.43. The zero-order chi connectivity index (χ0) is 12.1. The van der Waals surface area contributed by atoms with E-state index < -0.39 is 0 Å². The molecule has 5 heteroatoms. The molecule has 1 aromatic rings. The van der Waals surface area contributed by atoms with Crippen molar-refractivity contribution in [1.29, 1.82) is 0 Å². The molecule has 0 bridgehead atoms. The van der Waals surface area contributed by atoms with Crippen LogP contribution in [0.3, 0.4) is 0 Å². The van der Waals surface area contributed by atoms with Crippen molar-refractivity contribution in [1.82, 2.24) is 5.48 Å². The monoisotopic (exact) mass is 289 g/mol. The summed E-state index contributed by atoms with van der Waals surface area (Å²) in [5.74, 6) is 1.41. The van der Waals surface area contributed by atoms with Gasteiger partial charge in [-0.3, -0.25) is 0 Å². The molecular formula is C11H16BrNO3. The number of methoxy groups -OCH3 is 2. The minimum absolute atomic E-state index is 0.600. The second-order valence-electron chi connectivity index (χ2n) is 3.25. The molecule has 0 radical (unpaired) electrons. The number of rotatable bonds is 5. The molecule has 1 aromatic carbocycles. The number of halogens is 1. The fraction of sp³-hybridized carbons (Fsp3) is 0.455. The normalized spacial score (nSPS) is 10.3. The van der Waals surface area contributed by atoms with Gasteiger partial charge in [-0.15, -0.1) is 0 Å². The molecule has 0 unspecified atom stereocenters. The molecule has 16 heavy (non-hydrogen) atoms. The van der Waals surface area contributed by atoms with E-state index in [4.69, 9.17) is 14.3 Å². The van der Waals surface area contributed by atoms with Gasteiger partial charge in [0.2, 0.25) is 0 Å². The maximum absolute atomic E-state index is 5.30. The van der Waals surface area contributed by atoms with Crippen LogP contribution in [0, 0.1) is 6.92 Å². The highest BCUT2D eigenvalue weighted by Gasteiger charge is 2.15. The third-order valence-corrected chi connectivity index (χ3v) is 3.17. The van der Waals surface area contributed by atoms with Crippen LogP contribution in [-0.2, 0) is 11.4 Å².